The highest BCUT2D eigenvalue weighted by Crippen LogP contribution is 2.10. The van der Waals surface area contributed by atoms with Crippen LogP contribution >= 0.6 is 0 Å². The van der Waals surface area contributed by atoms with E-state index in [4.69, 9.17) is 10.5 Å². The molecule has 0 aliphatic rings. The van der Waals surface area contributed by atoms with Crippen LogP contribution in [-0.4, -0.2) is 24.0 Å². The highest BCUT2D eigenvalue weighted by atomic mass is 16.5. The SMILES string of the molecule is NC(=O)Cc1ccc(NCCOc2ccccn2)cc1. The highest BCUT2D eigenvalue weighted by Gasteiger charge is 1.98. The number of benzene rings is 1. The number of primary amides is 1. The first-order valence-corrected chi connectivity index (χ1v) is 6.39. The number of nitrogens with two attached hydrogens (primary N) is 1. The van der Waals surface area contributed by atoms with Crippen LogP contribution in [0.4, 0.5) is 5.69 Å². The average Bonchev–Trinajstić information content (AvgIpc) is 2.46. The van der Waals surface area contributed by atoms with Crippen molar-refractivity contribution in [1.82, 2.24) is 4.98 Å². The highest BCUT2D eigenvalue weighted by molar-refractivity contribution is 5.76. The Morgan fingerprint density at radius 3 is 2.65 bits per heavy atom. The Bertz CT molecular complexity index is 541. The van der Waals surface area contributed by atoms with Crippen molar-refractivity contribution in [2.24, 2.45) is 5.73 Å². The number of hydrogen-bond donors (Lipinski definition) is 2. The van der Waals surface area contributed by atoms with E-state index in [2.05, 4.69) is 10.3 Å². The number of aromatic nitrogens is 1. The van der Waals surface area contributed by atoms with E-state index in [1.54, 1.807) is 6.20 Å². The molecule has 1 heterocycles. The maximum atomic E-state index is 10.8. The van der Waals surface area contributed by atoms with Crippen LogP contribution in [0, 0.1) is 0 Å². The summed E-state index contributed by atoms with van der Waals surface area (Å²) in [5.41, 5.74) is 7.02. The van der Waals surface area contributed by atoms with Crippen LogP contribution < -0.4 is 15.8 Å². The van der Waals surface area contributed by atoms with Crippen LogP contribution in [0.1, 0.15) is 5.56 Å². The zero-order chi connectivity index (χ0) is 14.2. The first-order valence-electron chi connectivity index (χ1n) is 6.39. The van der Waals surface area contributed by atoms with E-state index >= 15 is 0 Å². The van der Waals surface area contributed by atoms with Crippen LogP contribution in [0.2, 0.25) is 0 Å². The molecule has 0 spiro atoms. The Kier molecular flexibility index (Phi) is 4.94. The van der Waals surface area contributed by atoms with Crippen LogP contribution in [0.15, 0.2) is 48.7 Å². The third kappa shape index (κ3) is 4.61. The van der Waals surface area contributed by atoms with E-state index in [-0.39, 0.29) is 12.3 Å². The Hall–Kier alpha value is -2.56. The fourth-order valence-corrected chi connectivity index (χ4v) is 1.73. The van der Waals surface area contributed by atoms with E-state index < -0.39 is 0 Å². The predicted molar refractivity (Wildman–Crippen MR) is 77.6 cm³/mol. The molecule has 0 atom stereocenters. The summed E-state index contributed by atoms with van der Waals surface area (Å²) < 4.78 is 5.47. The molecule has 20 heavy (non-hydrogen) atoms. The van der Waals surface area contributed by atoms with Crippen LogP contribution in [-0.2, 0) is 11.2 Å². The van der Waals surface area contributed by atoms with Crippen molar-refractivity contribution >= 4 is 11.6 Å². The molecule has 5 heteroatoms. The molecular formula is C15H17N3O2. The van der Waals surface area contributed by atoms with Gasteiger partial charge in [-0.1, -0.05) is 18.2 Å². The number of amides is 1. The van der Waals surface area contributed by atoms with Gasteiger partial charge < -0.3 is 15.8 Å². The summed E-state index contributed by atoms with van der Waals surface area (Å²) in [5, 5.41) is 3.23. The molecule has 0 aliphatic heterocycles. The molecule has 0 unspecified atom stereocenters. The molecule has 104 valence electrons. The fraction of sp³-hybridized carbons (Fsp3) is 0.200. The Balaban J connectivity index is 1.73. The summed E-state index contributed by atoms with van der Waals surface area (Å²) in [7, 11) is 0. The number of rotatable bonds is 7. The van der Waals surface area contributed by atoms with Crippen LogP contribution in [0.25, 0.3) is 0 Å². The second-order valence-electron chi connectivity index (χ2n) is 4.28. The van der Waals surface area contributed by atoms with Gasteiger partial charge in [-0.3, -0.25) is 4.79 Å². The molecule has 1 aromatic heterocycles. The summed E-state index contributed by atoms with van der Waals surface area (Å²) in [5.74, 6) is 0.292. The molecule has 2 rings (SSSR count). The summed E-state index contributed by atoms with van der Waals surface area (Å²) in [6.07, 6.45) is 1.96. The number of pyridine rings is 1. The van der Waals surface area contributed by atoms with Gasteiger partial charge in [0.2, 0.25) is 11.8 Å². The molecular weight excluding hydrogens is 254 g/mol. The second kappa shape index (κ2) is 7.13. The molecule has 0 fully saturated rings. The zero-order valence-corrected chi connectivity index (χ0v) is 11.1. The number of hydrogen-bond acceptors (Lipinski definition) is 4. The van der Waals surface area contributed by atoms with Crippen molar-refractivity contribution in [3.8, 4) is 5.88 Å². The monoisotopic (exact) mass is 271 g/mol. The minimum Gasteiger partial charge on any atom is -0.476 e. The van der Waals surface area contributed by atoms with E-state index in [1.807, 2.05) is 42.5 Å². The molecule has 1 amide bonds. The van der Waals surface area contributed by atoms with Crippen molar-refractivity contribution in [3.63, 3.8) is 0 Å². The molecule has 0 bridgehead atoms. The first kappa shape index (κ1) is 13.9. The number of nitrogens with one attached hydrogen (secondary N) is 1. The summed E-state index contributed by atoms with van der Waals surface area (Å²) in [6, 6.07) is 13.1. The minimum atomic E-state index is -0.325. The Morgan fingerprint density at radius 1 is 1.20 bits per heavy atom. The van der Waals surface area contributed by atoms with E-state index in [9.17, 15) is 4.79 Å². The number of ether oxygens (including phenoxy) is 1. The molecule has 2 aromatic rings. The fourth-order valence-electron chi connectivity index (χ4n) is 1.73. The van der Waals surface area contributed by atoms with Gasteiger partial charge in [-0.2, -0.15) is 0 Å². The summed E-state index contributed by atoms with van der Waals surface area (Å²) in [6.45, 7) is 1.20. The normalized spacial score (nSPS) is 10.0. The largest absolute Gasteiger partial charge is 0.476 e. The summed E-state index contributed by atoms with van der Waals surface area (Å²) in [4.78, 5) is 14.9. The number of nitrogens with zero attached hydrogens (tertiary/aromatic N) is 1. The van der Waals surface area contributed by atoms with Gasteiger partial charge in [-0.15, -0.1) is 0 Å². The number of anilines is 1. The molecule has 0 saturated heterocycles. The van der Waals surface area contributed by atoms with Gasteiger partial charge in [-0.05, 0) is 23.8 Å². The van der Waals surface area contributed by atoms with Gasteiger partial charge in [-0.25, -0.2) is 4.98 Å². The van der Waals surface area contributed by atoms with Crippen LogP contribution in [0.3, 0.4) is 0 Å². The van der Waals surface area contributed by atoms with Gasteiger partial charge in [0, 0.05) is 24.5 Å². The predicted octanol–water partition coefficient (Wildman–Crippen LogP) is 1.60. The molecule has 5 nitrogen and oxygen atoms in total. The quantitative estimate of drug-likeness (QED) is 0.750. The lowest BCUT2D eigenvalue weighted by molar-refractivity contribution is -0.117. The van der Waals surface area contributed by atoms with Gasteiger partial charge in [0.05, 0.1) is 6.42 Å². The van der Waals surface area contributed by atoms with E-state index in [1.165, 1.54) is 0 Å². The maximum Gasteiger partial charge on any atom is 0.221 e. The Morgan fingerprint density at radius 2 is 2.00 bits per heavy atom. The maximum absolute atomic E-state index is 10.8. The zero-order valence-electron chi connectivity index (χ0n) is 11.1. The smallest absolute Gasteiger partial charge is 0.221 e. The second-order valence-corrected chi connectivity index (χ2v) is 4.28. The molecule has 0 aliphatic carbocycles. The van der Waals surface area contributed by atoms with Crippen molar-refractivity contribution in [3.05, 3.63) is 54.2 Å². The average molecular weight is 271 g/mol. The lowest BCUT2D eigenvalue weighted by Gasteiger charge is -2.08. The third-order valence-electron chi connectivity index (χ3n) is 2.65. The van der Waals surface area contributed by atoms with Crippen LogP contribution in [0.5, 0.6) is 5.88 Å². The van der Waals surface area contributed by atoms with Crippen molar-refractivity contribution in [2.45, 2.75) is 6.42 Å². The molecule has 0 saturated carbocycles. The molecule has 0 radical (unpaired) electrons. The topological polar surface area (TPSA) is 77.2 Å². The lowest BCUT2D eigenvalue weighted by atomic mass is 10.1. The van der Waals surface area contributed by atoms with Gasteiger partial charge in [0.1, 0.15) is 6.61 Å². The Labute approximate surface area is 117 Å². The number of carbonyl (C=O) groups is 1. The van der Waals surface area contributed by atoms with Gasteiger partial charge in [0.15, 0.2) is 0 Å². The van der Waals surface area contributed by atoms with Crippen molar-refractivity contribution < 1.29 is 9.53 Å². The standard InChI is InChI=1S/C15H17N3O2/c16-14(19)11-12-4-6-13(7-5-12)17-9-10-20-15-3-1-2-8-18-15/h1-8,17H,9-11H2,(H2,16,19). The van der Waals surface area contributed by atoms with E-state index in [0.717, 1.165) is 11.3 Å². The number of carbonyl (C=O) groups excluding carboxylic acids is 1. The third-order valence-corrected chi connectivity index (χ3v) is 2.65. The molecule has 3 N–H and O–H groups in total. The molecule has 1 aromatic carbocycles. The van der Waals surface area contributed by atoms with Crippen molar-refractivity contribution in [1.29, 1.82) is 0 Å². The van der Waals surface area contributed by atoms with E-state index in [0.29, 0.717) is 19.0 Å². The summed E-state index contributed by atoms with van der Waals surface area (Å²) >= 11 is 0. The van der Waals surface area contributed by atoms with Gasteiger partial charge >= 0.3 is 0 Å². The van der Waals surface area contributed by atoms with Crippen molar-refractivity contribution in [2.75, 3.05) is 18.5 Å². The minimum absolute atomic E-state index is 0.267. The lowest BCUT2D eigenvalue weighted by Crippen LogP contribution is -2.14. The van der Waals surface area contributed by atoms with Gasteiger partial charge in [0.25, 0.3) is 0 Å². The first-order chi connectivity index (χ1) is 9.74.